The molecule has 8 rings (SSSR count). The largest absolute Gasteiger partial charge is 0.472 e. The van der Waals surface area contributed by atoms with E-state index in [1.807, 2.05) is 9.80 Å². The fourth-order valence-corrected chi connectivity index (χ4v) is 8.19. The molecule has 1 aliphatic carbocycles. The van der Waals surface area contributed by atoms with Crippen molar-refractivity contribution in [2.75, 3.05) is 43.4 Å². The molecular formula is C32H31ClF7N7O2. The van der Waals surface area contributed by atoms with Crippen molar-refractivity contribution in [3.05, 3.63) is 39.9 Å². The molecule has 5 aliphatic rings. The van der Waals surface area contributed by atoms with Gasteiger partial charge in [0.15, 0.2) is 11.6 Å². The Morgan fingerprint density at radius 3 is 2.63 bits per heavy atom. The Hall–Kier alpha value is -3.63. The number of likely N-dealkylation sites (tertiary alicyclic amines) is 1. The Kier molecular flexibility index (Phi) is 7.61. The van der Waals surface area contributed by atoms with Crippen molar-refractivity contribution in [3.63, 3.8) is 0 Å². The summed E-state index contributed by atoms with van der Waals surface area (Å²) >= 11 is 5.83. The minimum absolute atomic E-state index is 0.0161. The summed E-state index contributed by atoms with van der Waals surface area (Å²) in [5, 5.41) is 2.32. The summed E-state index contributed by atoms with van der Waals surface area (Å²) < 4.78 is 113. The van der Waals surface area contributed by atoms with Gasteiger partial charge in [0.1, 0.15) is 28.5 Å². The number of anilines is 2. The predicted octanol–water partition coefficient (Wildman–Crippen LogP) is 6.33. The van der Waals surface area contributed by atoms with Crippen molar-refractivity contribution in [2.24, 2.45) is 5.41 Å². The number of piperazine rings is 1. The highest BCUT2D eigenvalue weighted by atomic mass is 35.5. The van der Waals surface area contributed by atoms with Crippen LogP contribution in [0, 0.1) is 17.0 Å². The third-order valence-electron chi connectivity index (χ3n) is 10.4. The number of rotatable bonds is 6. The number of benzene rings is 1. The standard InChI is InChI=1S/C32H31ClF7N7O2/c1-13-26-18-3-2-15(42-18)10-47(26)28-19-25(44-30(45-28)48-12-31(5-6-31)11-46-7-4-14(9-46)27(36)37)23(35)24(43-29(19)49-13)16-8-17(41)22(34)21(33)20(16)32(38,39)40/h8,13,15,18,26,42H,2-7,9-12,41H2,1H3/t13-,15+,18-,26+/m0/s1. The van der Waals surface area contributed by atoms with E-state index >= 15 is 4.39 Å². The normalized spacial score (nSPS) is 25.7. The summed E-state index contributed by atoms with van der Waals surface area (Å²) in [6, 6.07) is 0.236. The molecule has 9 nitrogen and oxygen atoms in total. The highest BCUT2D eigenvalue weighted by Crippen LogP contribution is 2.50. The summed E-state index contributed by atoms with van der Waals surface area (Å²) in [7, 11) is 0. The molecule has 2 aromatic heterocycles. The molecule has 2 bridgehead atoms. The first-order valence-electron chi connectivity index (χ1n) is 16.1. The van der Waals surface area contributed by atoms with Crippen molar-refractivity contribution in [1.29, 1.82) is 0 Å². The molecule has 1 aromatic carbocycles. The molecular weight excluding hydrogens is 683 g/mol. The zero-order valence-electron chi connectivity index (χ0n) is 26.1. The minimum atomic E-state index is -5.20. The smallest absolute Gasteiger partial charge is 0.418 e. The lowest BCUT2D eigenvalue weighted by molar-refractivity contribution is -0.137. The first-order chi connectivity index (χ1) is 23.2. The van der Waals surface area contributed by atoms with Crippen LogP contribution in [-0.2, 0) is 6.18 Å². The molecule has 262 valence electrons. The average Bonchev–Trinajstić information content (AvgIpc) is 3.50. The van der Waals surface area contributed by atoms with Crippen LogP contribution in [0.1, 0.15) is 44.6 Å². The molecule has 4 aliphatic heterocycles. The van der Waals surface area contributed by atoms with Crippen LogP contribution in [0.4, 0.5) is 42.2 Å². The van der Waals surface area contributed by atoms with Gasteiger partial charge in [-0.2, -0.15) is 31.9 Å². The quantitative estimate of drug-likeness (QED) is 0.224. The molecule has 3 aromatic rings. The summed E-state index contributed by atoms with van der Waals surface area (Å²) in [6.07, 6.45) is -3.85. The number of nitrogens with zero attached hydrogens (tertiary/aromatic N) is 5. The molecule has 1 saturated carbocycles. The van der Waals surface area contributed by atoms with Gasteiger partial charge in [0.2, 0.25) is 5.88 Å². The Morgan fingerprint density at radius 1 is 1.16 bits per heavy atom. The zero-order valence-corrected chi connectivity index (χ0v) is 26.9. The molecule has 17 heteroatoms. The van der Waals surface area contributed by atoms with Gasteiger partial charge in [0.25, 0.3) is 6.08 Å². The van der Waals surface area contributed by atoms with Gasteiger partial charge in [0.05, 0.1) is 28.9 Å². The summed E-state index contributed by atoms with van der Waals surface area (Å²) in [5.41, 5.74) is 0.967. The molecule has 0 unspecified atom stereocenters. The van der Waals surface area contributed by atoms with Gasteiger partial charge >= 0.3 is 12.2 Å². The van der Waals surface area contributed by atoms with Gasteiger partial charge in [-0.05, 0) is 45.1 Å². The van der Waals surface area contributed by atoms with Crippen LogP contribution in [0.3, 0.4) is 0 Å². The average molecular weight is 714 g/mol. The van der Waals surface area contributed by atoms with Gasteiger partial charge in [-0.1, -0.05) is 11.6 Å². The van der Waals surface area contributed by atoms with Crippen molar-refractivity contribution in [1.82, 2.24) is 25.2 Å². The Morgan fingerprint density at radius 2 is 1.94 bits per heavy atom. The zero-order chi connectivity index (χ0) is 34.6. The van der Waals surface area contributed by atoms with E-state index in [0.717, 1.165) is 25.7 Å². The molecule has 3 N–H and O–H groups in total. The van der Waals surface area contributed by atoms with Crippen molar-refractivity contribution >= 4 is 34.0 Å². The van der Waals surface area contributed by atoms with Gasteiger partial charge < -0.3 is 25.4 Å². The number of halogens is 8. The number of ether oxygens (including phenoxy) is 2. The van der Waals surface area contributed by atoms with E-state index in [1.54, 1.807) is 6.92 Å². The van der Waals surface area contributed by atoms with E-state index in [9.17, 15) is 26.3 Å². The number of fused-ring (bicyclic) bond motifs is 5. The second kappa shape index (κ2) is 11.5. The molecule has 0 spiro atoms. The van der Waals surface area contributed by atoms with Crippen LogP contribution < -0.4 is 25.4 Å². The first-order valence-corrected chi connectivity index (χ1v) is 16.4. The molecule has 6 heterocycles. The van der Waals surface area contributed by atoms with Crippen LogP contribution in [0.15, 0.2) is 17.7 Å². The molecule has 49 heavy (non-hydrogen) atoms. The van der Waals surface area contributed by atoms with Crippen LogP contribution in [-0.4, -0.2) is 76.9 Å². The molecule has 4 atom stereocenters. The maximum absolute atomic E-state index is 16.8. The Balaban J connectivity index is 1.25. The molecule has 0 radical (unpaired) electrons. The maximum atomic E-state index is 16.8. The summed E-state index contributed by atoms with van der Waals surface area (Å²) in [6.45, 7) is 3.59. The predicted molar refractivity (Wildman–Crippen MR) is 166 cm³/mol. The van der Waals surface area contributed by atoms with Crippen LogP contribution in [0.5, 0.6) is 11.9 Å². The fourth-order valence-electron chi connectivity index (χ4n) is 7.87. The van der Waals surface area contributed by atoms with Crippen LogP contribution >= 0.6 is 11.6 Å². The molecule has 0 amide bonds. The maximum Gasteiger partial charge on any atom is 0.418 e. The number of nitrogen functional groups attached to an aromatic ring is 1. The highest BCUT2D eigenvalue weighted by molar-refractivity contribution is 6.32. The van der Waals surface area contributed by atoms with Gasteiger partial charge in [-0.25, -0.2) is 13.8 Å². The van der Waals surface area contributed by atoms with Crippen LogP contribution in [0.25, 0.3) is 22.2 Å². The number of hydrogen-bond donors (Lipinski definition) is 2. The summed E-state index contributed by atoms with van der Waals surface area (Å²) in [4.78, 5) is 17.3. The Bertz CT molecular complexity index is 1900. The van der Waals surface area contributed by atoms with Crippen molar-refractivity contribution in [3.8, 4) is 23.1 Å². The van der Waals surface area contributed by atoms with E-state index in [2.05, 4.69) is 15.3 Å². The van der Waals surface area contributed by atoms with E-state index in [0.29, 0.717) is 32.1 Å². The van der Waals surface area contributed by atoms with E-state index < -0.39 is 63.0 Å². The van der Waals surface area contributed by atoms with E-state index in [-0.39, 0.29) is 65.4 Å². The monoisotopic (exact) mass is 713 g/mol. The topological polar surface area (TPSA) is 102 Å². The number of nitrogens with one attached hydrogen (secondary N) is 1. The highest BCUT2D eigenvalue weighted by Gasteiger charge is 2.49. The number of nitrogens with two attached hydrogens (primary N) is 1. The lowest BCUT2D eigenvalue weighted by Crippen LogP contribution is -2.62. The number of alkyl halides is 3. The Labute approximate surface area is 280 Å². The minimum Gasteiger partial charge on any atom is -0.472 e. The molecule has 4 fully saturated rings. The van der Waals surface area contributed by atoms with Gasteiger partial charge in [0, 0.05) is 54.8 Å². The lowest BCUT2D eigenvalue weighted by Gasteiger charge is -2.42. The number of pyridine rings is 1. The third-order valence-corrected chi connectivity index (χ3v) is 10.8. The fraction of sp³-hybridized carbons (Fsp3) is 0.531. The third kappa shape index (κ3) is 5.50. The number of aromatic nitrogens is 3. The van der Waals surface area contributed by atoms with E-state index in [4.69, 9.17) is 31.8 Å². The molecule has 3 saturated heterocycles. The van der Waals surface area contributed by atoms with Gasteiger partial charge in [-0.15, -0.1) is 0 Å². The second-order valence-corrected chi connectivity index (χ2v) is 14.2. The van der Waals surface area contributed by atoms with Crippen LogP contribution in [0.2, 0.25) is 5.02 Å². The van der Waals surface area contributed by atoms with Crippen molar-refractivity contribution < 1.29 is 40.2 Å². The second-order valence-electron chi connectivity index (χ2n) is 13.8. The summed E-state index contributed by atoms with van der Waals surface area (Å²) in [5.74, 6) is -2.68. The SMILES string of the molecule is C[C@@H]1Oc2nc(-c3cc(N)c(F)c(Cl)c3C(F)(F)F)c(F)c3nc(OCC4(CN5CCC(=C(F)F)C5)CC4)nc(c23)N2C[C@H]3CC[C@H](N3)[C@@H]12. The van der Waals surface area contributed by atoms with Crippen molar-refractivity contribution in [2.45, 2.75) is 69.4 Å². The number of hydrogen-bond acceptors (Lipinski definition) is 9. The first kappa shape index (κ1) is 32.6. The lowest BCUT2D eigenvalue weighted by atomic mass is 9.99. The van der Waals surface area contributed by atoms with Gasteiger partial charge in [-0.3, -0.25) is 4.90 Å². The van der Waals surface area contributed by atoms with E-state index in [1.165, 1.54) is 0 Å².